The van der Waals surface area contributed by atoms with E-state index in [0.29, 0.717) is 0 Å². The first-order valence-electron chi connectivity index (χ1n) is 7.64. The average Bonchev–Trinajstić information content (AvgIpc) is 2.38. The van der Waals surface area contributed by atoms with Crippen LogP contribution in [0.1, 0.15) is 71.1 Å². The van der Waals surface area contributed by atoms with Crippen LogP contribution in [0.15, 0.2) is 0 Å². The van der Waals surface area contributed by atoms with Crippen LogP contribution in [-0.4, -0.2) is 24.0 Å². The van der Waals surface area contributed by atoms with Gasteiger partial charge in [-0.25, -0.2) is 0 Å². The summed E-state index contributed by atoms with van der Waals surface area (Å²) < 4.78 is 0. The minimum atomic E-state index is 0.957. The van der Waals surface area contributed by atoms with Gasteiger partial charge in [0.2, 0.25) is 0 Å². The average molecular weight is 223 g/mol. The van der Waals surface area contributed by atoms with Gasteiger partial charge in [-0.05, 0) is 57.5 Å². The second kappa shape index (κ2) is 6.64. The molecule has 0 spiro atoms. The Bertz CT molecular complexity index is 176. The Labute approximate surface area is 102 Å². The van der Waals surface area contributed by atoms with Crippen LogP contribution in [0.4, 0.5) is 0 Å². The number of nitrogens with zero attached hydrogens (tertiary/aromatic N) is 1. The smallest absolute Gasteiger partial charge is 0.00954 e. The van der Waals surface area contributed by atoms with E-state index in [2.05, 4.69) is 11.8 Å². The number of hydrogen-bond donors (Lipinski definition) is 0. The summed E-state index contributed by atoms with van der Waals surface area (Å²) in [4.78, 5) is 2.79. The van der Waals surface area contributed by atoms with E-state index >= 15 is 0 Å². The van der Waals surface area contributed by atoms with Crippen molar-refractivity contribution in [1.82, 2.24) is 4.90 Å². The number of likely N-dealkylation sites (tertiary alicyclic amines) is 1. The maximum Gasteiger partial charge on any atom is 0.00954 e. The maximum absolute atomic E-state index is 2.79. The number of piperidine rings is 1. The van der Waals surface area contributed by atoms with Crippen LogP contribution in [0, 0.1) is 5.92 Å². The highest BCUT2D eigenvalue weighted by Gasteiger charge is 2.26. The summed E-state index contributed by atoms with van der Waals surface area (Å²) >= 11 is 0. The first-order chi connectivity index (χ1) is 7.90. The van der Waals surface area contributed by atoms with Crippen LogP contribution in [-0.2, 0) is 0 Å². The van der Waals surface area contributed by atoms with Crippen LogP contribution < -0.4 is 0 Å². The molecule has 2 rings (SSSR count). The lowest BCUT2D eigenvalue weighted by Crippen LogP contribution is -2.41. The summed E-state index contributed by atoms with van der Waals surface area (Å²) in [6, 6.07) is 0.957. The zero-order valence-electron chi connectivity index (χ0n) is 11.1. The molecule has 1 saturated heterocycles. The molecule has 1 saturated carbocycles. The zero-order valence-corrected chi connectivity index (χ0v) is 11.1. The second-order valence-corrected chi connectivity index (χ2v) is 5.91. The molecule has 0 radical (unpaired) electrons. The third-order valence-corrected chi connectivity index (χ3v) is 4.69. The SMILES string of the molecule is CCCCC1CCC(N2CCCCC2)CC1. The number of unbranched alkanes of at least 4 members (excludes halogenated alkanes) is 1. The predicted molar refractivity (Wildman–Crippen MR) is 70.7 cm³/mol. The fourth-order valence-corrected chi connectivity index (χ4v) is 3.57. The number of hydrogen-bond acceptors (Lipinski definition) is 1. The van der Waals surface area contributed by atoms with Crippen LogP contribution in [0.5, 0.6) is 0 Å². The van der Waals surface area contributed by atoms with Crippen LogP contribution in [0.2, 0.25) is 0 Å². The van der Waals surface area contributed by atoms with Gasteiger partial charge in [0, 0.05) is 6.04 Å². The zero-order chi connectivity index (χ0) is 11.2. The van der Waals surface area contributed by atoms with E-state index in [1.807, 2.05) is 0 Å². The summed E-state index contributed by atoms with van der Waals surface area (Å²) in [5, 5.41) is 0. The van der Waals surface area contributed by atoms with Gasteiger partial charge in [-0.2, -0.15) is 0 Å². The summed E-state index contributed by atoms with van der Waals surface area (Å²) in [7, 11) is 0. The van der Waals surface area contributed by atoms with Gasteiger partial charge in [-0.3, -0.25) is 0 Å². The highest BCUT2D eigenvalue weighted by Crippen LogP contribution is 2.31. The molecule has 0 aromatic heterocycles. The maximum atomic E-state index is 2.79. The van der Waals surface area contributed by atoms with Crippen molar-refractivity contribution in [3.05, 3.63) is 0 Å². The van der Waals surface area contributed by atoms with Crippen molar-refractivity contribution in [3.8, 4) is 0 Å². The van der Waals surface area contributed by atoms with Gasteiger partial charge in [0.15, 0.2) is 0 Å². The number of rotatable bonds is 4. The van der Waals surface area contributed by atoms with Crippen LogP contribution in [0.25, 0.3) is 0 Å². The molecule has 1 heteroatoms. The molecule has 0 bridgehead atoms. The van der Waals surface area contributed by atoms with Gasteiger partial charge >= 0.3 is 0 Å². The van der Waals surface area contributed by atoms with Crippen LogP contribution >= 0.6 is 0 Å². The molecule has 0 aromatic rings. The topological polar surface area (TPSA) is 3.24 Å². The second-order valence-electron chi connectivity index (χ2n) is 5.91. The highest BCUT2D eigenvalue weighted by atomic mass is 15.2. The molecule has 1 aliphatic carbocycles. The molecule has 1 nitrogen and oxygen atoms in total. The van der Waals surface area contributed by atoms with E-state index in [0.717, 1.165) is 12.0 Å². The Balaban J connectivity index is 1.67. The van der Waals surface area contributed by atoms with E-state index in [1.165, 1.54) is 77.3 Å². The molecule has 0 amide bonds. The molecule has 0 unspecified atom stereocenters. The fraction of sp³-hybridized carbons (Fsp3) is 1.00. The van der Waals surface area contributed by atoms with E-state index < -0.39 is 0 Å². The molecule has 0 N–H and O–H groups in total. The molecule has 1 aliphatic heterocycles. The van der Waals surface area contributed by atoms with E-state index in [-0.39, 0.29) is 0 Å². The van der Waals surface area contributed by atoms with Crippen LogP contribution in [0.3, 0.4) is 0 Å². The Kier molecular flexibility index (Phi) is 5.15. The third kappa shape index (κ3) is 3.48. The molecule has 94 valence electrons. The molecule has 2 aliphatic rings. The van der Waals surface area contributed by atoms with Crippen molar-refractivity contribution in [2.45, 2.75) is 77.2 Å². The van der Waals surface area contributed by atoms with Crippen molar-refractivity contribution in [2.75, 3.05) is 13.1 Å². The Morgan fingerprint density at radius 3 is 2.25 bits per heavy atom. The molecule has 0 aromatic carbocycles. The predicted octanol–water partition coefficient (Wildman–Crippen LogP) is 4.22. The molecule has 2 fully saturated rings. The van der Waals surface area contributed by atoms with Crippen molar-refractivity contribution in [3.63, 3.8) is 0 Å². The Morgan fingerprint density at radius 2 is 1.62 bits per heavy atom. The molecule has 0 atom stereocenters. The Morgan fingerprint density at radius 1 is 0.938 bits per heavy atom. The van der Waals surface area contributed by atoms with Gasteiger partial charge in [0.1, 0.15) is 0 Å². The van der Waals surface area contributed by atoms with Crippen molar-refractivity contribution in [2.24, 2.45) is 5.92 Å². The fourth-order valence-electron chi connectivity index (χ4n) is 3.57. The lowest BCUT2D eigenvalue weighted by molar-refractivity contribution is 0.112. The summed E-state index contributed by atoms with van der Waals surface area (Å²) in [5.74, 6) is 1.07. The van der Waals surface area contributed by atoms with E-state index in [1.54, 1.807) is 0 Å². The lowest BCUT2D eigenvalue weighted by atomic mass is 9.82. The minimum absolute atomic E-state index is 0.957. The molecular weight excluding hydrogens is 194 g/mol. The van der Waals surface area contributed by atoms with Crippen molar-refractivity contribution >= 4 is 0 Å². The summed E-state index contributed by atoms with van der Waals surface area (Å²) in [5.41, 5.74) is 0. The van der Waals surface area contributed by atoms with E-state index in [4.69, 9.17) is 0 Å². The largest absolute Gasteiger partial charge is 0.300 e. The van der Waals surface area contributed by atoms with Gasteiger partial charge in [-0.1, -0.05) is 32.6 Å². The van der Waals surface area contributed by atoms with Gasteiger partial charge in [0.05, 0.1) is 0 Å². The summed E-state index contributed by atoms with van der Waals surface area (Å²) in [6.45, 7) is 5.11. The van der Waals surface area contributed by atoms with Crippen molar-refractivity contribution < 1.29 is 0 Å². The minimum Gasteiger partial charge on any atom is -0.300 e. The normalized spacial score (nSPS) is 32.8. The third-order valence-electron chi connectivity index (χ3n) is 4.69. The van der Waals surface area contributed by atoms with Gasteiger partial charge < -0.3 is 4.90 Å². The van der Waals surface area contributed by atoms with Crippen molar-refractivity contribution in [1.29, 1.82) is 0 Å². The molecular formula is C15H29N. The first kappa shape index (κ1) is 12.4. The first-order valence-corrected chi connectivity index (χ1v) is 7.64. The van der Waals surface area contributed by atoms with E-state index in [9.17, 15) is 0 Å². The summed E-state index contributed by atoms with van der Waals surface area (Å²) in [6.07, 6.45) is 14.7. The van der Waals surface area contributed by atoms with Gasteiger partial charge in [-0.15, -0.1) is 0 Å². The molecule has 16 heavy (non-hydrogen) atoms. The highest BCUT2D eigenvalue weighted by molar-refractivity contribution is 4.81. The lowest BCUT2D eigenvalue weighted by Gasteiger charge is -2.39. The molecule has 1 heterocycles. The quantitative estimate of drug-likeness (QED) is 0.689. The Hall–Kier alpha value is -0.0400. The van der Waals surface area contributed by atoms with Gasteiger partial charge in [0.25, 0.3) is 0 Å². The standard InChI is InChI=1S/C15H29N/c1-2-3-7-14-8-10-15(11-9-14)16-12-5-4-6-13-16/h14-15H,2-13H2,1H3. The monoisotopic (exact) mass is 223 g/mol.